The third-order valence-corrected chi connectivity index (χ3v) is 2.62. The minimum Gasteiger partial charge on any atom is -0.360 e. The van der Waals surface area contributed by atoms with E-state index in [1.54, 1.807) is 12.3 Å². The van der Waals surface area contributed by atoms with Gasteiger partial charge in [0.05, 0.1) is 4.92 Å². The van der Waals surface area contributed by atoms with Crippen LogP contribution in [0.5, 0.6) is 0 Å². The Kier molecular flexibility index (Phi) is 3.31. The van der Waals surface area contributed by atoms with Crippen LogP contribution < -0.4 is 10.6 Å². The first kappa shape index (κ1) is 10.8. The maximum absolute atomic E-state index is 10.8. The van der Waals surface area contributed by atoms with Gasteiger partial charge in [-0.25, -0.2) is 4.98 Å². The Balaban J connectivity index is 2.10. The zero-order chi connectivity index (χ0) is 11.4. The van der Waals surface area contributed by atoms with Crippen LogP contribution >= 0.6 is 0 Å². The van der Waals surface area contributed by atoms with Crippen molar-refractivity contribution < 1.29 is 4.92 Å². The summed E-state index contributed by atoms with van der Waals surface area (Å²) >= 11 is 0. The number of nitro groups is 1. The summed E-state index contributed by atoms with van der Waals surface area (Å²) in [5, 5.41) is 17.1. The number of nitrogens with one attached hydrogen (secondary N) is 2. The summed E-state index contributed by atoms with van der Waals surface area (Å²) in [5.41, 5.74) is 0.0353. The number of rotatable bonds is 3. The summed E-state index contributed by atoms with van der Waals surface area (Å²) in [6, 6.07) is 3.26. The molecule has 0 bridgehead atoms. The van der Waals surface area contributed by atoms with Crippen molar-refractivity contribution in [3.63, 3.8) is 0 Å². The van der Waals surface area contributed by atoms with Crippen LogP contribution in [0.3, 0.4) is 0 Å². The number of hydrogen-bond donors (Lipinski definition) is 2. The number of piperidine rings is 1. The molecule has 2 rings (SSSR count). The van der Waals surface area contributed by atoms with Gasteiger partial charge in [0.15, 0.2) is 0 Å². The molecule has 1 aliphatic rings. The van der Waals surface area contributed by atoms with E-state index in [1.807, 2.05) is 0 Å². The van der Waals surface area contributed by atoms with Crippen molar-refractivity contribution in [1.29, 1.82) is 0 Å². The lowest BCUT2D eigenvalue weighted by Gasteiger charge is -2.23. The smallest absolute Gasteiger partial charge is 0.311 e. The molecular weight excluding hydrogens is 208 g/mol. The van der Waals surface area contributed by atoms with E-state index in [1.165, 1.54) is 6.07 Å². The van der Waals surface area contributed by atoms with Crippen molar-refractivity contribution in [1.82, 2.24) is 10.3 Å². The van der Waals surface area contributed by atoms with Crippen LogP contribution in [0.25, 0.3) is 0 Å². The fraction of sp³-hybridized carbons (Fsp3) is 0.500. The largest absolute Gasteiger partial charge is 0.360 e. The predicted octanol–water partition coefficient (Wildman–Crippen LogP) is 1.15. The highest BCUT2D eigenvalue weighted by Crippen LogP contribution is 2.22. The number of hydrogen-bond acceptors (Lipinski definition) is 5. The van der Waals surface area contributed by atoms with Crippen LogP contribution in [0.2, 0.25) is 0 Å². The van der Waals surface area contributed by atoms with Crippen LogP contribution in [0.1, 0.15) is 12.8 Å². The molecule has 1 aliphatic heterocycles. The molecule has 1 aromatic heterocycles. The average molecular weight is 222 g/mol. The maximum Gasteiger partial charge on any atom is 0.311 e. The van der Waals surface area contributed by atoms with Gasteiger partial charge in [0.2, 0.25) is 5.82 Å². The first-order valence-corrected chi connectivity index (χ1v) is 5.34. The molecule has 6 heteroatoms. The highest BCUT2D eigenvalue weighted by Gasteiger charge is 2.19. The lowest BCUT2D eigenvalue weighted by Crippen LogP contribution is -2.38. The molecule has 1 atom stereocenters. The third kappa shape index (κ3) is 2.46. The highest BCUT2D eigenvalue weighted by molar-refractivity contribution is 5.55. The first-order valence-electron chi connectivity index (χ1n) is 5.34. The summed E-state index contributed by atoms with van der Waals surface area (Å²) in [6.07, 6.45) is 3.66. The van der Waals surface area contributed by atoms with Gasteiger partial charge in [0.25, 0.3) is 0 Å². The normalized spacial score (nSPS) is 20.4. The quantitative estimate of drug-likeness (QED) is 0.592. The zero-order valence-corrected chi connectivity index (χ0v) is 8.85. The summed E-state index contributed by atoms with van der Waals surface area (Å²) < 4.78 is 0. The van der Waals surface area contributed by atoms with E-state index >= 15 is 0 Å². The van der Waals surface area contributed by atoms with Crippen molar-refractivity contribution in [2.45, 2.75) is 18.9 Å². The molecule has 0 amide bonds. The summed E-state index contributed by atoms with van der Waals surface area (Å²) in [5.74, 6) is 0.362. The molecule has 86 valence electrons. The van der Waals surface area contributed by atoms with Gasteiger partial charge in [0, 0.05) is 24.8 Å². The molecule has 0 aliphatic carbocycles. The van der Waals surface area contributed by atoms with E-state index in [-0.39, 0.29) is 11.7 Å². The minimum absolute atomic E-state index is 0.0353. The maximum atomic E-state index is 10.8. The molecular formula is C10H14N4O2. The topological polar surface area (TPSA) is 80.1 Å². The SMILES string of the molecule is O=[N+]([O-])c1cccnc1N[C@@H]1CCCNC1. The van der Waals surface area contributed by atoms with E-state index in [4.69, 9.17) is 0 Å². The van der Waals surface area contributed by atoms with Gasteiger partial charge in [-0.15, -0.1) is 0 Å². The number of anilines is 1. The fourth-order valence-electron chi connectivity index (χ4n) is 1.82. The fourth-order valence-corrected chi connectivity index (χ4v) is 1.82. The molecule has 1 fully saturated rings. The van der Waals surface area contributed by atoms with E-state index in [0.717, 1.165) is 25.9 Å². The Hall–Kier alpha value is -1.69. The van der Waals surface area contributed by atoms with Crippen LogP contribution in [0, 0.1) is 10.1 Å². The molecule has 0 radical (unpaired) electrons. The number of pyridine rings is 1. The van der Waals surface area contributed by atoms with Gasteiger partial charge in [-0.05, 0) is 25.5 Å². The van der Waals surface area contributed by atoms with E-state index in [2.05, 4.69) is 15.6 Å². The molecule has 0 saturated carbocycles. The van der Waals surface area contributed by atoms with Gasteiger partial charge < -0.3 is 10.6 Å². The second kappa shape index (κ2) is 4.89. The molecule has 2 N–H and O–H groups in total. The second-order valence-corrected chi connectivity index (χ2v) is 3.82. The molecule has 0 unspecified atom stereocenters. The Morgan fingerprint density at radius 3 is 3.19 bits per heavy atom. The van der Waals surface area contributed by atoms with Crippen molar-refractivity contribution in [2.75, 3.05) is 18.4 Å². The van der Waals surface area contributed by atoms with Gasteiger partial charge in [-0.2, -0.15) is 0 Å². The van der Waals surface area contributed by atoms with E-state index < -0.39 is 4.92 Å². The third-order valence-electron chi connectivity index (χ3n) is 2.62. The average Bonchev–Trinajstić information content (AvgIpc) is 2.31. The van der Waals surface area contributed by atoms with Crippen LogP contribution in [-0.2, 0) is 0 Å². The minimum atomic E-state index is -0.411. The lowest BCUT2D eigenvalue weighted by molar-refractivity contribution is -0.384. The van der Waals surface area contributed by atoms with Crippen molar-refractivity contribution in [3.8, 4) is 0 Å². The molecule has 1 aromatic rings. The predicted molar refractivity (Wildman–Crippen MR) is 60.4 cm³/mol. The van der Waals surface area contributed by atoms with Gasteiger partial charge in [-0.1, -0.05) is 0 Å². The van der Waals surface area contributed by atoms with Crippen molar-refractivity contribution in [3.05, 3.63) is 28.4 Å². The zero-order valence-electron chi connectivity index (χ0n) is 8.85. The molecule has 1 saturated heterocycles. The Morgan fingerprint density at radius 1 is 1.62 bits per heavy atom. The van der Waals surface area contributed by atoms with Crippen molar-refractivity contribution >= 4 is 11.5 Å². The molecule has 16 heavy (non-hydrogen) atoms. The molecule has 2 heterocycles. The van der Waals surface area contributed by atoms with Crippen LogP contribution in [0.15, 0.2) is 18.3 Å². The second-order valence-electron chi connectivity index (χ2n) is 3.82. The number of nitrogens with zero attached hydrogens (tertiary/aromatic N) is 2. The van der Waals surface area contributed by atoms with E-state index in [9.17, 15) is 10.1 Å². The monoisotopic (exact) mass is 222 g/mol. The standard InChI is InChI=1S/C10H14N4O2/c15-14(16)9-4-2-6-12-10(9)13-8-3-1-5-11-7-8/h2,4,6,8,11H,1,3,5,7H2,(H,12,13)/t8-/m1/s1. The Morgan fingerprint density at radius 2 is 2.50 bits per heavy atom. The number of aromatic nitrogens is 1. The lowest BCUT2D eigenvalue weighted by atomic mass is 10.1. The summed E-state index contributed by atoms with van der Waals surface area (Å²) in [7, 11) is 0. The van der Waals surface area contributed by atoms with E-state index in [0.29, 0.717) is 5.82 Å². The highest BCUT2D eigenvalue weighted by atomic mass is 16.6. The van der Waals surface area contributed by atoms with Crippen LogP contribution in [-0.4, -0.2) is 29.0 Å². The van der Waals surface area contributed by atoms with Gasteiger partial charge in [0.1, 0.15) is 0 Å². The molecule has 0 spiro atoms. The van der Waals surface area contributed by atoms with Gasteiger partial charge >= 0.3 is 5.69 Å². The first-order chi connectivity index (χ1) is 7.77. The summed E-state index contributed by atoms with van der Waals surface area (Å²) in [4.78, 5) is 14.4. The summed E-state index contributed by atoms with van der Waals surface area (Å²) in [6.45, 7) is 1.84. The van der Waals surface area contributed by atoms with Gasteiger partial charge in [-0.3, -0.25) is 10.1 Å². The Labute approximate surface area is 93.2 Å². The van der Waals surface area contributed by atoms with Crippen LogP contribution in [0.4, 0.5) is 11.5 Å². The van der Waals surface area contributed by atoms with Crippen molar-refractivity contribution in [2.24, 2.45) is 0 Å². The Bertz CT molecular complexity index is 377. The molecule has 0 aromatic carbocycles. The molecule has 6 nitrogen and oxygen atoms in total.